The number of nitrogens with two attached hydrogens (primary N) is 1. The van der Waals surface area contributed by atoms with E-state index in [-0.39, 0.29) is 42.7 Å². The van der Waals surface area contributed by atoms with E-state index in [9.17, 15) is 23.2 Å². The van der Waals surface area contributed by atoms with Crippen LogP contribution in [0.2, 0.25) is 0 Å². The summed E-state index contributed by atoms with van der Waals surface area (Å²) in [6.45, 7) is 2.54. The van der Waals surface area contributed by atoms with Crippen molar-refractivity contribution in [2.75, 3.05) is 36.5 Å². The number of alkyl halides is 2. The van der Waals surface area contributed by atoms with Crippen LogP contribution < -0.4 is 16.0 Å². The molecular formula is C19H24F2N4O4. The first-order valence-electron chi connectivity index (χ1n) is 9.49. The largest absolute Gasteiger partial charge is 0.370 e. The standard InChI is InChI=1S/C19H24F2N4O4/c1-2-24(12-4-5-12)16(18(22)27)19(28)23-11-3-6-14(13(9-11)17(20)21)25-7-8-29-10-15(25)26/h3,6,9,12,16-17H,2,4-5,7-8,10H2,1H3,(H2,22,27)(H,23,28)/t16-/m0/s1. The smallest absolute Gasteiger partial charge is 0.265 e. The lowest BCUT2D eigenvalue weighted by molar-refractivity contribution is -0.132. The summed E-state index contributed by atoms with van der Waals surface area (Å²) in [6, 6.07) is 2.84. The van der Waals surface area contributed by atoms with Crippen molar-refractivity contribution >= 4 is 29.1 Å². The van der Waals surface area contributed by atoms with Gasteiger partial charge in [0.25, 0.3) is 18.2 Å². The number of primary amides is 1. The molecule has 0 aromatic heterocycles. The van der Waals surface area contributed by atoms with Crippen molar-refractivity contribution in [1.29, 1.82) is 0 Å². The predicted octanol–water partition coefficient (Wildman–Crippen LogP) is 1.26. The van der Waals surface area contributed by atoms with Crippen LogP contribution in [0.5, 0.6) is 0 Å². The number of hydrogen-bond acceptors (Lipinski definition) is 5. The molecule has 10 heteroatoms. The van der Waals surface area contributed by atoms with Gasteiger partial charge in [0.15, 0.2) is 6.04 Å². The second-order valence-corrected chi connectivity index (χ2v) is 7.03. The Kier molecular flexibility index (Phi) is 6.43. The summed E-state index contributed by atoms with van der Waals surface area (Å²) in [7, 11) is 0. The third-order valence-corrected chi connectivity index (χ3v) is 5.04. The van der Waals surface area contributed by atoms with Gasteiger partial charge in [0.05, 0.1) is 12.3 Å². The SMILES string of the molecule is CCN(C1CC1)[C@@H](C(N)=O)C(=O)Nc1ccc(N2CCOCC2=O)c(C(F)F)c1. The Hall–Kier alpha value is -2.59. The van der Waals surface area contributed by atoms with Gasteiger partial charge in [0.2, 0.25) is 5.91 Å². The van der Waals surface area contributed by atoms with Crippen molar-refractivity contribution in [3.63, 3.8) is 0 Å². The topological polar surface area (TPSA) is 105 Å². The van der Waals surface area contributed by atoms with E-state index in [1.54, 1.807) is 4.90 Å². The van der Waals surface area contributed by atoms with Crippen LogP contribution in [-0.2, 0) is 19.1 Å². The number of anilines is 2. The van der Waals surface area contributed by atoms with E-state index in [0.29, 0.717) is 6.54 Å². The summed E-state index contributed by atoms with van der Waals surface area (Å²) < 4.78 is 32.3. The third-order valence-electron chi connectivity index (χ3n) is 5.04. The first-order valence-corrected chi connectivity index (χ1v) is 9.49. The Morgan fingerprint density at radius 3 is 2.66 bits per heavy atom. The minimum atomic E-state index is -2.86. The maximum absolute atomic E-state index is 13.6. The van der Waals surface area contributed by atoms with Crippen molar-refractivity contribution in [3.8, 4) is 0 Å². The zero-order chi connectivity index (χ0) is 21.1. The highest BCUT2D eigenvalue weighted by Crippen LogP contribution is 2.33. The van der Waals surface area contributed by atoms with Gasteiger partial charge in [0.1, 0.15) is 6.61 Å². The monoisotopic (exact) mass is 410 g/mol. The number of morpholine rings is 1. The molecule has 1 aromatic carbocycles. The van der Waals surface area contributed by atoms with E-state index in [0.717, 1.165) is 18.9 Å². The first-order chi connectivity index (χ1) is 13.8. The van der Waals surface area contributed by atoms with Gasteiger partial charge >= 0.3 is 0 Å². The predicted molar refractivity (Wildman–Crippen MR) is 102 cm³/mol. The Morgan fingerprint density at radius 2 is 2.10 bits per heavy atom. The second-order valence-electron chi connectivity index (χ2n) is 7.03. The number of carbonyl (C=O) groups is 3. The van der Waals surface area contributed by atoms with Crippen molar-refractivity contribution in [1.82, 2.24) is 4.90 Å². The molecule has 0 bridgehead atoms. The Bertz CT molecular complexity index is 800. The molecule has 3 amide bonds. The molecule has 1 heterocycles. The molecule has 1 saturated heterocycles. The van der Waals surface area contributed by atoms with Crippen LogP contribution in [0.15, 0.2) is 18.2 Å². The zero-order valence-electron chi connectivity index (χ0n) is 16.1. The van der Waals surface area contributed by atoms with Crippen LogP contribution >= 0.6 is 0 Å². The van der Waals surface area contributed by atoms with Gasteiger partial charge in [-0.15, -0.1) is 0 Å². The maximum Gasteiger partial charge on any atom is 0.265 e. The van der Waals surface area contributed by atoms with E-state index in [1.807, 2.05) is 6.92 Å². The van der Waals surface area contributed by atoms with Gasteiger partial charge in [0, 0.05) is 23.8 Å². The average molecular weight is 410 g/mol. The van der Waals surface area contributed by atoms with E-state index in [2.05, 4.69) is 5.32 Å². The average Bonchev–Trinajstić information content (AvgIpc) is 3.51. The first kappa shape index (κ1) is 21.1. The van der Waals surface area contributed by atoms with Gasteiger partial charge in [-0.05, 0) is 37.6 Å². The van der Waals surface area contributed by atoms with E-state index < -0.39 is 30.2 Å². The molecule has 1 aromatic rings. The number of benzene rings is 1. The number of likely N-dealkylation sites (N-methyl/N-ethyl adjacent to an activating group) is 1. The van der Waals surface area contributed by atoms with E-state index >= 15 is 0 Å². The highest BCUT2D eigenvalue weighted by Gasteiger charge is 2.39. The van der Waals surface area contributed by atoms with Crippen LogP contribution in [0, 0.1) is 0 Å². The normalized spacial score (nSPS) is 18.2. The second kappa shape index (κ2) is 8.83. The molecule has 0 unspecified atom stereocenters. The molecule has 1 aliphatic carbocycles. The number of nitrogens with zero attached hydrogens (tertiary/aromatic N) is 2. The minimum Gasteiger partial charge on any atom is -0.370 e. The van der Waals surface area contributed by atoms with Crippen LogP contribution in [0.1, 0.15) is 31.8 Å². The lowest BCUT2D eigenvalue weighted by atomic mass is 10.1. The van der Waals surface area contributed by atoms with E-state index in [4.69, 9.17) is 10.5 Å². The highest BCUT2D eigenvalue weighted by atomic mass is 19.3. The lowest BCUT2D eigenvalue weighted by Gasteiger charge is -2.29. The number of carbonyl (C=O) groups excluding carboxylic acids is 3. The number of hydrogen-bond donors (Lipinski definition) is 2. The molecule has 8 nitrogen and oxygen atoms in total. The number of halogens is 2. The van der Waals surface area contributed by atoms with Crippen molar-refractivity contribution in [3.05, 3.63) is 23.8 Å². The zero-order valence-corrected chi connectivity index (χ0v) is 16.1. The molecule has 3 N–H and O–H groups in total. The van der Waals surface area contributed by atoms with Gasteiger partial charge in [-0.3, -0.25) is 19.3 Å². The van der Waals surface area contributed by atoms with Gasteiger partial charge in [-0.2, -0.15) is 0 Å². The fourth-order valence-corrected chi connectivity index (χ4v) is 3.54. The molecule has 3 rings (SSSR count). The van der Waals surface area contributed by atoms with Crippen LogP contribution in [-0.4, -0.2) is 61.0 Å². The molecule has 0 spiro atoms. The van der Waals surface area contributed by atoms with Crippen LogP contribution in [0.25, 0.3) is 0 Å². The highest BCUT2D eigenvalue weighted by molar-refractivity contribution is 6.09. The number of nitrogens with one attached hydrogen (secondary N) is 1. The van der Waals surface area contributed by atoms with Crippen molar-refractivity contribution in [2.45, 2.75) is 38.3 Å². The maximum atomic E-state index is 13.6. The Labute approximate surface area is 167 Å². The third kappa shape index (κ3) is 4.70. The molecule has 2 fully saturated rings. The summed E-state index contributed by atoms with van der Waals surface area (Å²) in [5, 5.41) is 2.51. The van der Waals surface area contributed by atoms with Crippen LogP contribution in [0.3, 0.4) is 0 Å². The summed E-state index contributed by atoms with van der Waals surface area (Å²) in [6.07, 6.45) is -1.10. The van der Waals surface area contributed by atoms with Gasteiger partial charge in [-0.1, -0.05) is 6.92 Å². The molecular weight excluding hydrogens is 386 g/mol. The van der Waals surface area contributed by atoms with Crippen LogP contribution in [0.4, 0.5) is 20.2 Å². The number of ether oxygens (including phenoxy) is 1. The molecule has 0 radical (unpaired) electrons. The molecule has 2 aliphatic rings. The fourth-order valence-electron chi connectivity index (χ4n) is 3.54. The van der Waals surface area contributed by atoms with Gasteiger partial charge < -0.3 is 20.7 Å². The van der Waals surface area contributed by atoms with Crippen molar-refractivity contribution in [2.24, 2.45) is 5.73 Å². The van der Waals surface area contributed by atoms with Gasteiger partial charge in [-0.25, -0.2) is 8.78 Å². The molecule has 1 atom stereocenters. The fraction of sp³-hybridized carbons (Fsp3) is 0.526. The van der Waals surface area contributed by atoms with Crippen molar-refractivity contribution < 1.29 is 27.9 Å². The Morgan fingerprint density at radius 1 is 1.38 bits per heavy atom. The number of rotatable bonds is 8. The molecule has 158 valence electrons. The summed E-state index contributed by atoms with van der Waals surface area (Å²) in [5.41, 5.74) is 5.22. The molecule has 1 aliphatic heterocycles. The minimum absolute atomic E-state index is 0.0749. The Balaban J connectivity index is 1.83. The number of amides is 3. The summed E-state index contributed by atoms with van der Waals surface area (Å²) >= 11 is 0. The molecule has 29 heavy (non-hydrogen) atoms. The van der Waals surface area contributed by atoms with E-state index in [1.165, 1.54) is 17.0 Å². The molecule has 1 saturated carbocycles. The quantitative estimate of drug-likeness (QED) is 0.628. The summed E-state index contributed by atoms with van der Waals surface area (Å²) in [5.74, 6) is -1.87. The lowest BCUT2D eigenvalue weighted by Crippen LogP contribution is -2.53. The summed E-state index contributed by atoms with van der Waals surface area (Å²) in [4.78, 5) is 39.5.